The molecule has 2 aromatic heterocycles. The zero-order valence-corrected chi connectivity index (χ0v) is 25.3. The summed E-state index contributed by atoms with van der Waals surface area (Å²) in [7, 11) is 2.08. The summed E-state index contributed by atoms with van der Waals surface area (Å²) in [5.41, 5.74) is 10.8. The first-order valence-electron chi connectivity index (χ1n) is 15.1. The number of para-hydroxylation sites is 2. The third-order valence-electron chi connectivity index (χ3n) is 8.99. The Morgan fingerprint density at radius 1 is 0.905 bits per heavy atom. The van der Waals surface area contributed by atoms with Gasteiger partial charge in [0.15, 0.2) is 0 Å². The molecule has 1 unspecified atom stereocenters. The molecule has 0 N–H and O–H groups in total. The van der Waals surface area contributed by atoms with Crippen LogP contribution in [0.3, 0.4) is 0 Å². The Balaban J connectivity index is 1.20. The monoisotopic (exact) mass is 555 g/mol. The predicted molar refractivity (Wildman–Crippen MR) is 174 cm³/mol. The zero-order chi connectivity index (χ0) is 29.2. The number of aromatic nitrogens is 3. The van der Waals surface area contributed by atoms with Gasteiger partial charge in [0.1, 0.15) is 5.69 Å². The number of allylic oxidation sites excluding steroid dienone is 1. The lowest BCUT2D eigenvalue weighted by Gasteiger charge is -2.40. The minimum atomic E-state index is 0.0997. The van der Waals surface area contributed by atoms with Crippen LogP contribution >= 0.6 is 0 Å². The number of benzene rings is 3. The standard InChI is InChI=1S/C37H41N5/c1-26-13-6-8-16-32(26)36-33-17-12-15-31(37(33)40(5)39-36)25-41-23-20-30(21-24-41)28(3)42(35-19-9-7-14-27(35)2)29(4)34-18-10-11-22-38-34/h6-19,22,29-30H,3,20-21,23-25H2,1-2,4-5H3. The van der Waals surface area contributed by atoms with Crippen LogP contribution in [0.25, 0.3) is 22.2 Å². The van der Waals surface area contributed by atoms with E-state index >= 15 is 0 Å². The number of anilines is 1. The van der Waals surface area contributed by atoms with Crippen LogP contribution in [-0.2, 0) is 13.6 Å². The van der Waals surface area contributed by atoms with Gasteiger partial charge in [0.25, 0.3) is 0 Å². The highest BCUT2D eigenvalue weighted by atomic mass is 15.3. The van der Waals surface area contributed by atoms with Crippen molar-refractivity contribution >= 4 is 16.6 Å². The number of pyridine rings is 1. The van der Waals surface area contributed by atoms with Gasteiger partial charge in [-0.05, 0) is 81.6 Å². The Kier molecular flexibility index (Phi) is 7.94. The number of hydrogen-bond donors (Lipinski definition) is 0. The van der Waals surface area contributed by atoms with Gasteiger partial charge in [-0.3, -0.25) is 14.6 Å². The topological polar surface area (TPSA) is 37.2 Å². The van der Waals surface area contributed by atoms with Gasteiger partial charge in [0.2, 0.25) is 0 Å². The molecule has 0 bridgehead atoms. The summed E-state index contributed by atoms with van der Waals surface area (Å²) >= 11 is 0. The van der Waals surface area contributed by atoms with Crippen molar-refractivity contribution in [3.8, 4) is 11.3 Å². The molecular formula is C37H41N5. The Labute approximate surface area is 250 Å². The largest absolute Gasteiger partial charge is 0.336 e. The molecule has 214 valence electrons. The smallest absolute Gasteiger partial charge is 0.100 e. The van der Waals surface area contributed by atoms with Crippen LogP contribution < -0.4 is 4.90 Å². The van der Waals surface area contributed by atoms with Crippen LogP contribution in [0.2, 0.25) is 0 Å². The minimum Gasteiger partial charge on any atom is -0.336 e. The summed E-state index contributed by atoms with van der Waals surface area (Å²) in [6.07, 6.45) is 4.06. The molecule has 1 atom stereocenters. The average Bonchev–Trinajstić information content (AvgIpc) is 3.36. The van der Waals surface area contributed by atoms with Gasteiger partial charge in [0.05, 0.1) is 17.3 Å². The second-order valence-electron chi connectivity index (χ2n) is 11.7. The second kappa shape index (κ2) is 11.9. The van der Waals surface area contributed by atoms with E-state index in [4.69, 9.17) is 16.7 Å². The molecule has 1 saturated heterocycles. The molecule has 1 fully saturated rings. The van der Waals surface area contributed by atoms with E-state index in [1.165, 1.54) is 44.5 Å². The van der Waals surface area contributed by atoms with Crippen molar-refractivity contribution in [1.29, 1.82) is 0 Å². The Morgan fingerprint density at radius 2 is 1.62 bits per heavy atom. The molecular weight excluding hydrogens is 514 g/mol. The Morgan fingerprint density at radius 3 is 2.33 bits per heavy atom. The fraction of sp³-hybridized carbons (Fsp3) is 0.297. The van der Waals surface area contributed by atoms with E-state index in [2.05, 4.69) is 121 Å². The fourth-order valence-electron chi connectivity index (χ4n) is 6.65. The Hall–Kier alpha value is -4.22. The van der Waals surface area contributed by atoms with Crippen molar-refractivity contribution in [1.82, 2.24) is 19.7 Å². The van der Waals surface area contributed by atoms with Gasteiger partial charge < -0.3 is 4.90 Å². The fourth-order valence-corrected chi connectivity index (χ4v) is 6.65. The molecule has 42 heavy (non-hydrogen) atoms. The van der Waals surface area contributed by atoms with Crippen LogP contribution in [0.4, 0.5) is 5.69 Å². The summed E-state index contributed by atoms with van der Waals surface area (Å²) < 4.78 is 2.07. The van der Waals surface area contributed by atoms with E-state index in [0.717, 1.165) is 43.9 Å². The van der Waals surface area contributed by atoms with Gasteiger partial charge in [0, 0.05) is 48.0 Å². The number of nitrogens with zero attached hydrogens (tertiary/aromatic N) is 5. The number of fused-ring (bicyclic) bond motifs is 1. The minimum absolute atomic E-state index is 0.0997. The molecule has 0 spiro atoms. The molecule has 5 aromatic rings. The zero-order valence-electron chi connectivity index (χ0n) is 25.3. The molecule has 1 aliphatic heterocycles. The van der Waals surface area contributed by atoms with Crippen molar-refractivity contribution in [2.75, 3.05) is 18.0 Å². The van der Waals surface area contributed by atoms with E-state index in [1.807, 2.05) is 12.3 Å². The maximum atomic E-state index is 4.98. The lowest BCUT2D eigenvalue weighted by Crippen LogP contribution is -2.38. The maximum absolute atomic E-state index is 4.98. The van der Waals surface area contributed by atoms with Crippen LogP contribution in [0.5, 0.6) is 0 Å². The molecule has 6 rings (SSSR count). The first-order chi connectivity index (χ1) is 20.4. The number of likely N-dealkylation sites (tertiary alicyclic amines) is 1. The summed E-state index contributed by atoms with van der Waals surface area (Å²) in [4.78, 5) is 9.73. The molecule has 5 nitrogen and oxygen atoms in total. The van der Waals surface area contributed by atoms with Crippen molar-refractivity contribution in [3.63, 3.8) is 0 Å². The quantitative estimate of drug-likeness (QED) is 0.193. The maximum Gasteiger partial charge on any atom is 0.100 e. The van der Waals surface area contributed by atoms with Crippen LogP contribution in [0.1, 0.15) is 48.2 Å². The third-order valence-corrected chi connectivity index (χ3v) is 8.99. The molecule has 3 heterocycles. The van der Waals surface area contributed by atoms with E-state index in [9.17, 15) is 0 Å². The van der Waals surface area contributed by atoms with E-state index < -0.39 is 0 Å². The highest BCUT2D eigenvalue weighted by molar-refractivity contribution is 5.95. The SMILES string of the molecule is C=C(C1CCN(Cc2cccc3c(-c4ccccc4C)nn(C)c23)CC1)N(c1ccccc1C)C(C)c1ccccn1. The van der Waals surface area contributed by atoms with Gasteiger partial charge >= 0.3 is 0 Å². The van der Waals surface area contributed by atoms with E-state index in [1.54, 1.807) is 0 Å². The lowest BCUT2D eigenvalue weighted by molar-refractivity contribution is 0.190. The van der Waals surface area contributed by atoms with Crippen molar-refractivity contribution < 1.29 is 0 Å². The predicted octanol–water partition coefficient (Wildman–Crippen LogP) is 8.25. The number of hydrogen-bond acceptors (Lipinski definition) is 4. The second-order valence-corrected chi connectivity index (χ2v) is 11.7. The number of piperidine rings is 1. The normalized spacial score (nSPS) is 15.1. The third kappa shape index (κ3) is 5.37. The van der Waals surface area contributed by atoms with Gasteiger partial charge in [-0.1, -0.05) is 73.3 Å². The summed E-state index contributed by atoms with van der Waals surface area (Å²) in [5, 5.41) is 6.21. The van der Waals surface area contributed by atoms with Gasteiger partial charge in [-0.15, -0.1) is 0 Å². The molecule has 0 saturated carbocycles. The molecule has 0 radical (unpaired) electrons. The van der Waals surface area contributed by atoms with Crippen molar-refractivity contribution in [2.24, 2.45) is 13.0 Å². The highest BCUT2D eigenvalue weighted by Crippen LogP contribution is 2.38. The number of rotatable bonds is 8. The average molecular weight is 556 g/mol. The molecule has 0 amide bonds. The first kappa shape index (κ1) is 27.9. The van der Waals surface area contributed by atoms with Gasteiger partial charge in [-0.2, -0.15) is 5.10 Å². The van der Waals surface area contributed by atoms with Crippen molar-refractivity contribution in [3.05, 3.63) is 126 Å². The van der Waals surface area contributed by atoms with E-state index in [0.29, 0.717) is 5.92 Å². The van der Waals surface area contributed by atoms with Crippen LogP contribution in [0.15, 0.2) is 103 Å². The molecule has 3 aromatic carbocycles. The first-order valence-corrected chi connectivity index (χ1v) is 15.1. The Bertz CT molecular complexity index is 1690. The van der Waals surface area contributed by atoms with Crippen LogP contribution in [0, 0.1) is 19.8 Å². The molecule has 0 aliphatic carbocycles. The summed E-state index contributed by atoms with van der Waals surface area (Å²) in [5.74, 6) is 0.423. The van der Waals surface area contributed by atoms with Gasteiger partial charge in [-0.25, -0.2) is 0 Å². The lowest BCUT2D eigenvalue weighted by atomic mass is 9.91. The number of aryl methyl sites for hydroxylation is 3. The summed E-state index contributed by atoms with van der Waals surface area (Å²) in [6, 6.07) is 30.1. The summed E-state index contributed by atoms with van der Waals surface area (Å²) in [6.45, 7) is 14.3. The van der Waals surface area contributed by atoms with E-state index in [-0.39, 0.29) is 6.04 Å². The van der Waals surface area contributed by atoms with Crippen molar-refractivity contribution in [2.45, 2.75) is 46.2 Å². The van der Waals surface area contributed by atoms with Crippen LogP contribution in [-0.4, -0.2) is 32.8 Å². The highest BCUT2D eigenvalue weighted by Gasteiger charge is 2.29. The molecule has 1 aliphatic rings. The molecule has 5 heteroatoms.